The summed E-state index contributed by atoms with van der Waals surface area (Å²) in [6, 6.07) is 4.52. The molecular weight excluding hydrogens is 322 g/mol. The predicted molar refractivity (Wildman–Crippen MR) is 88.9 cm³/mol. The number of carbonyl (C=O) groups excluding carboxylic acids is 1. The Morgan fingerprint density at radius 2 is 2.09 bits per heavy atom. The van der Waals surface area contributed by atoms with Gasteiger partial charge in [0.1, 0.15) is 0 Å². The number of fused-ring (bicyclic) bond motifs is 1. The molecule has 0 spiro atoms. The number of benzene rings is 1. The third-order valence-corrected chi connectivity index (χ3v) is 4.14. The molecule has 126 valence electrons. The van der Waals surface area contributed by atoms with Crippen LogP contribution in [0.4, 0.5) is 5.69 Å². The summed E-state index contributed by atoms with van der Waals surface area (Å²) in [5.74, 6) is -0.533. The molecule has 1 saturated heterocycles. The van der Waals surface area contributed by atoms with E-state index in [1.165, 1.54) is 4.57 Å². The summed E-state index contributed by atoms with van der Waals surface area (Å²) < 4.78 is 11.8. The van der Waals surface area contributed by atoms with Crippen LogP contribution < -0.4 is 16.8 Å². The summed E-state index contributed by atoms with van der Waals surface area (Å²) in [5, 5.41) is 2.78. The lowest BCUT2D eigenvalue weighted by Crippen LogP contribution is -2.43. The Morgan fingerprint density at radius 1 is 1.39 bits per heavy atom. The minimum absolute atomic E-state index is 0. The van der Waals surface area contributed by atoms with Crippen molar-refractivity contribution in [1.29, 1.82) is 0 Å². The maximum atomic E-state index is 12.2. The maximum Gasteiger partial charge on any atom is 0.419 e. The molecule has 0 radical (unpaired) electrons. The average molecular weight is 342 g/mol. The number of ether oxygens (including phenoxy) is 1. The number of oxazole rings is 1. The second-order valence-electron chi connectivity index (χ2n) is 5.57. The molecule has 7 nitrogen and oxygen atoms in total. The van der Waals surface area contributed by atoms with Crippen molar-refractivity contribution in [2.45, 2.75) is 18.9 Å². The largest absolute Gasteiger partial charge is 0.419 e. The van der Waals surface area contributed by atoms with Crippen LogP contribution in [0.3, 0.4) is 0 Å². The first-order valence-electron chi connectivity index (χ1n) is 7.30. The zero-order valence-electron chi connectivity index (χ0n) is 12.8. The van der Waals surface area contributed by atoms with Gasteiger partial charge in [0, 0.05) is 32.0 Å². The van der Waals surface area contributed by atoms with E-state index in [1.54, 1.807) is 25.2 Å². The smallest absolute Gasteiger partial charge is 0.408 e. The zero-order chi connectivity index (χ0) is 15.7. The lowest BCUT2D eigenvalue weighted by molar-refractivity contribution is -0.119. The number of aromatic nitrogens is 1. The molecule has 0 bridgehead atoms. The molecule has 1 aliphatic heterocycles. The van der Waals surface area contributed by atoms with Crippen molar-refractivity contribution >= 4 is 35.1 Å². The molecule has 1 fully saturated rings. The molecule has 1 aromatic carbocycles. The van der Waals surface area contributed by atoms with Crippen molar-refractivity contribution < 1.29 is 13.9 Å². The van der Waals surface area contributed by atoms with Gasteiger partial charge < -0.3 is 20.2 Å². The quantitative estimate of drug-likeness (QED) is 0.875. The number of anilines is 1. The maximum absolute atomic E-state index is 12.2. The Morgan fingerprint density at radius 3 is 2.78 bits per heavy atom. The average Bonchev–Trinajstić information content (AvgIpc) is 2.81. The van der Waals surface area contributed by atoms with Gasteiger partial charge in [-0.1, -0.05) is 0 Å². The molecule has 8 heteroatoms. The van der Waals surface area contributed by atoms with Crippen LogP contribution in [-0.4, -0.2) is 29.7 Å². The lowest BCUT2D eigenvalue weighted by Gasteiger charge is -2.26. The normalized spacial score (nSPS) is 16.8. The van der Waals surface area contributed by atoms with Crippen molar-refractivity contribution in [3.05, 3.63) is 28.7 Å². The van der Waals surface area contributed by atoms with Gasteiger partial charge in [0.25, 0.3) is 0 Å². The first-order chi connectivity index (χ1) is 10.6. The van der Waals surface area contributed by atoms with E-state index in [0.717, 1.165) is 12.8 Å². The first kappa shape index (κ1) is 17.5. The van der Waals surface area contributed by atoms with Gasteiger partial charge in [0.15, 0.2) is 5.58 Å². The molecule has 0 saturated carbocycles. The Bertz CT molecular complexity index is 749. The van der Waals surface area contributed by atoms with Gasteiger partial charge in [-0.25, -0.2) is 4.79 Å². The molecule has 1 unspecified atom stereocenters. The standard InChI is InChI=1S/C15H19N3O4.ClH/c1-18-11-3-2-10(8-12(11)22-15(18)20)17-14(19)13(16)9-4-6-21-7-5-9;/h2-3,8-9,13H,4-7,16H2,1H3,(H,17,19);1H. The minimum atomic E-state index is -0.567. The van der Waals surface area contributed by atoms with Crippen molar-refractivity contribution in [1.82, 2.24) is 4.57 Å². The number of carbonyl (C=O) groups is 1. The molecular formula is C15H20ClN3O4. The van der Waals surface area contributed by atoms with Crippen LogP contribution in [0, 0.1) is 5.92 Å². The highest BCUT2D eigenvalue weighted by molar-refractivity contribution is 5.96. The fraction of sp³-hybridized carbons (Fsp3) is 0.467. The minimum Gasteiger partial charge on any atom is -0.408 e. The molecule has 2 aromatic rings. The van der Waals surface area contributed by atoms with E-state index in [4.69, 9.17) is 14.9 Å². The number of nitrogens with zero attached hydrogens (tertiary/aromatic N) is 1. The molecule has 0 aliphatic carbocycles. The van der Waals surface area contributed by atoms with E-state index in [0.29, 0.717) is 30.0 Å². The van der Waals surface area contributed by atoms with Gasteiger partial charge in [-0.15, -0.1) is 12.4 Å². The molecule has 1 amide bonds. The third kappa shape index (κ3) is 3.57. The Hall–Kier alpha value is -1.83. The summed E-state index contributed by atoms with van der Waals surface area (Å²) in [5.41, 5.74) is 7.71. The van der Waals surface area contributed by atoms with Crippen molar-refractivity contribution in [3.8, 4) is 0 Å². The summed E-state index contributed by atoms with van der Waals surface area (Å²) in [6.07, 6.45) is 1.59. The van der Waals surface area contributed by atoms with E-state index in [9.17, 15) is 9.59 Å². The van der Waals surface area contributed by atoms with Crippen molar-refractivity contribution in [2.75, 3.05) is 18.5 Å². The van der Waals surface area contributed by atoms with Gasteiger partial charge >= 0.3 is 5.76 Å². The molecule has 2 heterocycles. The third-order valence-electron chi connectivity index (χ3n) is 4.14. The van der Waals surface area contributed by atoms with Gasteiger partial charge in [0.05, 0.1) is 11.6 Å². The summed E-state index contributed by atoms with van der Waals surface area (Å²) in [6.45, 7) is 1.29. The topological polar surface area (TPSA) is 99.5 Å². The van der Waals surface area contributed by atoms with E-state index < -0.39 is 11.8 Å². The van der Waals surface area contributed by atoms with Crippen molar-refractivity contribution in [3.63, 3.8) is 0 Å². The van der Waals surface area contributed by atoms with Crippen LogP contribution in [0.1, 0.15) is 12.8 Å². The number of hydrogen-bond acceptors (Lipinski definition) is 5. The van der Waals surface area contributed by atoms with E-state index in [1.807, 2.05) is 0 Å². The monoisotopic (exact) mass is 341 g/mol. The molecule has 3 rings (SSSR count). The van der Waals surface area contributed by atoms with E-state index in [2.05, 4.69) is 5.32 Å². The van der Waals surface area contributed by atoms with Gasteiger partial charge in [-0.3, -0.25) is 9.36 Å². The van der Waals surface area contributed by atoms with Crippen LogP contribution in [0.15, 0.2) is 27.4 Å². The number of rotatable bonds is 3. The first-order valence-corrected chi connectivity index (χ1v) is 7.30. The summed E-state index contributed by atoms with van der Waals surface area (Å²) >= 11 is 0. The number of hydrogen-bond donors (Lipinski definition) is 2. The molecule has 23 heavy (non-hydrogen) atoms. The lowest BCUT2D eigenvalue weighted by atomic mass is 9.92. The predicted octanol–water partition coefficient (Wildman–Crippen LogP) is 1.25. The van der Waals surface area contributed by atoms with Crippen LogP contribution in [0.25, 0.3) is 11.1 Å². The second kappa shape index (κ2) is 7.16. The van der Waals surface area contributed by atoms with Crippen LogP contribution >= 0.6 is 12.4 Å². The molecule has 1 aliphatic rings. The molecule has 1 atom stereocenters. The van der Waals surface area contributed by atoms with E-state index in [-0.39, 0.29) is 24.2 Å². The zero-order valence-corrected chi connectivity index (χ0v) is 13.6. The number of nitrogens with one attached hydrogen (secondary N) is 1. The second-order valence-corrected chi connectivity index (χ2v) is 5.57. The van der Waals surface area contributed by atoms with Gasteiger partial charge in [0.2, 0.25) is 5.91 Å². The highest BCUT2D eigenvalue weighted by Gasteiger charge is 2.26. The highest BCUT2D eigenvalue weighted by Crippen LogP contribution is 2.21. The highest BCUT2D eigenvalue weighted by atomic mass is 35.5. The van der Waals surface area contributed by atoms with Crippen LogP contribution in [-0.2, 0) is 16.6 Å². The molecule has 1 aromatic heterocycles. The van der Waals surface area contributed by atoms with Crippen LogP contribution in [0.2, 0.25) is 0 Å². The van der Waals surface area contributed by atoms with Gasteiger partial charge in [-0.2, -0.15) is 0 Å². The number of aryl methyl sites for hydroxylation is 1. The number of halogens is 1. The fourth-order valence-corrected chi connectivity index (χ4v) is 2.73. The van der Waals surface area contributed by atoms with E-state index >= 15 is 0 Å². The SMILES string of the molecule is Cl.Cn1c(=O)oc2cc(NC(=O)C(N)C3CCOCC3)ccc21. The Balaban J connectivity index is 0.00000192. The number of nitrogens with two attached hydrogens (primary N) is 1. The summed E-state index contributed by atoms with van der Waals surface area (Å²) in [7, 11) is 1.63. The number of amides is 1. The Kier molecular flexibility index (Phi) is 5.46. The van der Waals surface area contributed by atoms with Crippen LogP contribution in [0.5, 0.6) is 0 Å². The Labute approximate surface area is 139 Å². The van der Waals surface area contributed by atoms with Gasteiger partial charge in [-0.05, 0) is 30.9 Å². The van der Waals surface area contributed by atoms with Crippen molar-refractivity contribution in [2.24, 2.45) is 18.7 Å². The fourth-order valence-electron chi connectivity index (χ4n) is 2.73. The molecule has 3 N–H and O–H groups in total. The summed E-state index contributed by atoms with van der Waals surface area (Å²) in [4.78, 5) is 23.7.